The summed E-state index contributed by atoms with van der Waals surface area (Å²) in [4.78, 5) is 28.1. The molecule has 0 saturated carbocycles. The topological polar surface area (TPSA) is 58.6 Å². The molecule has 2 atom stereocenters. The second-order valence-electron chi connectivity index (χ2n) is 8.23. The highest BCUT2D eigenvalue weighted by atomic mass is 35.5. The fraction of sp³-hybridized carbons (Fsp3) is 0.333. The Morgan fingerprint density at radius 1 is 0.941 bits per heavy atom. The molecule has 3 aromatic carbocycles. The van der Waals surface area contributed by atoms with Gasteiger partial charge < -0.3 is 15.0 Å². The Morgan fingerprint density at radius 3 is 2.26 bits per heavy atom. The van der Waals surface area contributed by atoms with Gasteiger partial charge in [0.25, 0.3) is 5.91 Å². The predicted octanol–water partition coefficient (Wildman–Crippen LogP) is 6.25. The number of hydrogen-bond donors (Lipinski definition) is 1. The first kappa shape index (κ1) is 25.9. The summed E-state index contributed by atoms with van der Waals surface area (Å²) in [5.74, 6) is 0.0768. The molecule has 0 aliphatic rings. The molecule has 0 heterocycles. The van der Waals surface area contributed by atoms with Crippen molar-refractivity contribution in [3.05, 3.63) is 76.3 Å². The van der Waals surface area contributed by atoms with Crippen molar-refractivity contribution in [2.24, 2.45) is 0 Å². The molecule has 0 spiro atoms. The van der Waals surface area contributed by atoms with E-state index < -0.39 is 6.04 Å². The van der Waals surface area contributed by atoms with Gasteiger partial charge in [0.2, 0.25) is 5.91 Å². The zero-order chi connectivity index (χ0) is 24.7. The van der Waals surface area contributed by atoms with Gasteiger partial charge in [-0.3, -0.25) is 9.59 Å². The maximum absolute atomic E-state index is 13.5. The largest absolute Gasteiger partial charge is 0.483 e. The van der Waals surface area contributed by atoms with Crippen LogP contribution in [0.25, 0.3) is 10.8 Å². The van der Waals surface area contributed by atoms with Crippen molar-refractivity contribution < 1.29 is 14.3 Å². The van der Waals surface area contributed by atoms with Gasteiger partial charge in [-0.2, -0.15) is 0 Å². The highest BCUT2D eigenvalue weighted by Gasteiger charge is 2.30. The third-order valence-corrected chi connectivity index (χ3v) is 6.59. The van der Waals surface area contributed by atoms with Crippen LogP contribution in [-0.2, 0) is 16.1 Å². The third kappa shape index (κ3) is 6.22. The van der Waals surface area contributed by atoms with Crippen LogP contribution in [0.3, 0.4) is 0 Å². The van der Waals surface area contributed by atoms with Crippen molar-refractivity contribution in [3.8, 4) is 5.75 Å². The zero-order valence-corrected chi connectivity index (χ0v) is 21.2. The lowest BCUT2D eigenvalue weighted by Crippen LogP contribution is -2.51. The molecule has 0 aliphatic carbocycles. The Labute approximate surface area is 211 Å². The minimum Gasteiger partial charge on any atom is -0.483 e. The van der Waals surface area contributed by atoms with Crippen LogP contribution in [0, 0.1) is 0 Å². The maximum atomic E-state index is 13.5. The number of carbonyl (C=O) groups is 2. The standard InChI is InChI=1S/C27H30Cl2N2O3/c1-4-18(3)30-27(33)24(5-2)31(16-21-22(28)13-9-14-23(21)29)26(32)17-34-25-15-8-11-19-10-6-7-12-20(19)25/h6-15,18,24H,4-5,16-17H2,1-3H3,(H,30,33)/t18-,24-/m1/s1. The summed E-state index contributed by atoms with van der Waals surface area (Å²) >= 11 is 12.8. The number of hydrogen-bond acceptors (Lipinski definition) is 3. The van der Waals surface area contributed by atoms with Crippen molar-refractivity contribution in [1.82, 2.24) is 10.2 Å². The summed E-state index contributed by atoms with van der Waals surface area (Å²) in [6.07, 6.45) is 1.22. The fourth-order valence-electron chi connectivity index (χ4n) is 3.76. The fourth-order valence-corrected chi connectivity index (χ4v) is 4.28. The molecule has 0 aromatic heterocycles. The minimum atomic E-state index is -0.690. The summed E-state index contributed by atoms with van der Waals surface area (Å²) in [5, 5.41) is 5.81. The number of halogens is 2. The minimum absolute atomic E-state index is 0.00524. The molecule has 0 unspecified atom stereocenters. The number of nitrogens with zero attached hydrogens (tertiary/aromatic N) is 1. The average Bonchev–Trinajstić information content (AvgIpc) is 2.84. The summed E-state index contributed by atoms with van der Waals surface area (Å²) in [6, 6.07) is 18.0. The van der Waals surface area contributed by atoms with Gasteiger partial charge in [-0.25, -0.2) is 0 Å². The monoisotopic (exact) mass is 500 g/mol. The van der Waals surface area contributed by atoms with E-state index in [4.69, 9.17) is 27.9 Å². The highest BCUT2D eigenvalue weighted by molar-refractivity contribution is 6.36. The Kier molecular flexibility index (Phi) is 9.20. The first-order chi connectivity index (χ1) is 16.3. The molecule has 0 aliphatic heterocycles. The second-order valence-corrected chi connectivity index (χ2v) is 9.04. The molecular formula is C27H30Cl2N2O3. The van der Waals surface area contributed by atoms with Crippen molar-refractivity contribution in [3.63, 3.8) is 0 Å². The molecule has 0 saturated heterocycles. The van der Waals surface area contributed by atoms with Gasteiger partial charge >= 0.3 is 0 Å². The normalized spacial score (nSPS) is 12.7. The van der Waals surface area contributed by atoms with Gasteiger partial charge in [0.1, 0.15) is 11.8 Å². The smallest absolute Gasteiger partial charge is 0.261 e. The SMILES string of the molecule is CC[C@@H](C)NC(=O)[C@@H](CC)N(Cc1c(Cl)cccc1Cl)C(=O)COc1cccc2ccccc12. The average molecular weight is 501 g/mol. The molecule has 5 nitrogen and oxygen atoms in total. The summed E-state index contributed by atoms with van der Waals surface area (Å²) in [6.45, 7) is 5.69. The first-order valence-corrected chi connectivity index (χ1v) is 12.2. The third-order valence-electron chi connectivity index (χ3n) is 5.88. The molecule has 1 N–H and O–H groups in total. The first-order valence-electron chi connectivity index (χ1n) is 11.5. The van der Waals surface area contributed by atoms with Crippen LogP contribution in [0.2, 0.25) is 10.0 Å². The predicted molar refractivity (Wildman–Crippen MR) is 138 cm³/mol. The molecule has 0 radical (unpaired) electrons. The van der Waals surface area contributed by atoms with Crippen molar-refractivity contribution in [2.45, 2.75) is 52.2 Å². The Bertz CT molecular complexity index is 1130. The van der Waals surface area contributed by atoms with E-state index in [1.807, 2.05) is 63.2 Å². The number of nitrogens with one attached hydrogen (secondary N) is 1. The Morgan fingerprint density at radius 2 is 1.59 bits per heavy atom. The number of fused-ring (bicyclic) bond motifs is 1. The molecule has 0 fully saturated rings. The van der Waals surface area contributed by atoms with E-state index in [1.165, 1.54) is 4.90 Å². The van der Waals surface area contributed by atoms with Crippen LogP contribution in [0.1, 0.15) is 39.2 Å². The van der Waals surface area contributed by atoms with Crippen molar-refractivity contribution in [2.75, 3.05) is 6.61 Å². The maximum Gasteiger partial charge on any atom is 0.261 e. The van der Waals surface area contributed by atoms with Gasteiger partial charge in [0.15, 0.2) is 6.61 Å². The Hall–Kier alpha value is -2.76. The van der Waals surface area contributed by atoms with Gasteiger partial charge in [0, 0.05) is 33.6 Å². The summed E-state index contributed by atoms with van der Waals surface area (Å²) < 4.78 is 5.95. The lowest BCUT2D eigenvalue weighted by atomic mass is 10.1. The highest BCUT2D eigenvalue weighted by Crippen LogP contribution is 2.28. The number of rotatable bonds is 10. The van der Waals surface area contributed by atoms with Crippen LogP contribution in [0.5, 0.6) is 5.75 Å². The van der Waals surface area contributed by atoms with Crippen molar-refractivity contribution >= 4 is 45.8 Å². The molecule has 7 heteroatoms. The van der Waals surface area contributed by atoms with E-state index in [-0.39, 0.29) is 31.0 Å². The molecule has 180 valence electrons. The number of benzene rings is 3. The van der Waals surface area contributed by atoms with Crippen LogP contribution in [0.4, 0.5) is 0 Å². The number of amides is 2. The van der Waals surface area contributed by atoms with E-state index in [2.05, 4.69) is 5.32 Å². The van der Waals surface area contributed by atoms with Crippen molar-refractivity contribution in [1.29, 1.82) is 0 Å². The van der Waals surface area contributed by atoms with Gasteiger partial charge in [0.05, 0.1) is 0 Å². The zero-order valence-electron chi connectivity index (χ0n) is 19.7. The molecule has 3 rings (SSSR count). The quantitative estimate of drug-likeness (QED) is 0.358. The second kappa shape index (κ2) is 12.1. The number of carbonyl (C=O) groups excluding carboxylic acids is 2. The molecular weight excluding hydrogens is 471 g/mol. The Balaban J connectivity index is 1.88. The molecule has 2 amide bonds. The lowest BCUT2D eigenvalue weighted by Gasteiger charge is -2.32. The van der Waals surface area contributed by atoms with Gasteiger partial charge in [-0.05, 0) is 43.4 Å². The lowest BCUT2D eigenvalue weighted by molar-refractivity contribution is -0.143. The van der Waals surface area contributed by atoms with Crippen LogP contribution in [0.15, 0.2) is 60.7 Å². The summed E-state index contributed by atoms with van der Waals surface area (Å²) in [7, 11) is 0. The van der Waals surface area contributed by atoms with Crippen LogP contribution < -0.4 is 10.1 Å². The van der Waals surface area contributed by atoms with Crippen LogP contribution in [-0.4, -0.2) is 35.4 Å². The molecule has 3 aromatic rings. The van der Waals surface area contributed by atoms with Gasteiger partial charge in [-0.15, -0.1) is 0 Å². The van der Waals surface area contributed by atoms with E-state index in [0.29, 0.717) is 27.8 Å². The molecule has 34 heavy (non-hydrogen) atoms. The van der Waals surface area contributed by atoms with E-state index in [1.54, 1.807) is 18.2 Å². The number of ether oxygens (including phenoxy) is 1. The molecule has 0 bridgehead atoms. The van der Waals surface area contributed by atoms with Gasteiger partial charge in [-0.1, -0.05) is 79.5 Å². The van der Waals surface area contributed by atoms with E-state index >= 15 is 0 Å². The van der Waals surface area contributed by atoms with E-state index in [9.17, 15) is 9.59 Å². The van der Waals surface area contributed by atoms with Crippen LogP contribution >= 0.6 is 23.2 Å². The van der Waals surface area contributed by atoms with E-state index in [0.717, 1.165) is 17.2 Å². The summed E-state index contributed by atoms with van der Waals surface area (Å²) in [5.41, 5.74) is 0.596.